The Labute approximate surface area is 110 Å². The van der Waals surface area contributed by atoms with E-state index in [1.165, 1.54) is 12.1 Å². The Morgan fingerprint density at radius 1 is 1.33 bits per heavy atom. The van der Waals surface area contributed by atoms with E-state index < -0.39 is 17.6 Å². The largest absolute Gasteiger partial charge is 0.348 e. The molecule has 0 atom stereocenters. The van der Waals surface area contributed by atoms with E-state index in [-0.39, 0.29) is 10.7 Å². The number of carbonyl (C=O) groups excluding carboxylic acids is 2. The first kappa shape index (κ1) is 14.4. The van der Waals surface area contributed by atoms with Gasteiger partial charge in [0.25, 0.3) is 0 Å². The summed E-state index contributed by atoms with van der Waals surface area (Å²) in [6, 6.07) is 3.69. The first-order valence-corrected chi connectivity index (χ1v) is 5.96. The smallest absolute Gasteiger partial charge is 0.313 e. The zero-order chi connectivity index (χ0) is 13.5. The Balaban J connectivity index is 2.53. The summed E-state index contributed by atoms with van der Waals surface area (Å²) in [6.45, 7) is 2.43. The van der Waals surface area contributed by atoms with Crippen LogP contribution in [-0.2, 0) is 9.59 Å². The summed E-state index contributed by atoms with van der Waals surface area (Å²) in [5.74, 6) is -2.10. The molecule has 0 spiro atoms. The number of unbranched alkanes of at least 4 members (excludes halogenated alkanes) is 1. The number of anilines is 1. The van der Waals surface area contributed by atoms with Crippen LogP contribution in [0.15, 0.2) is 18.2 Å². The highest BCUT2D eigenvalue weighted by Gasteiger charge is 2.13. The standard InChI is InChI=1S/C12H14ClFN2O2/c1-2-3-6-15-11(17)12(18)16-8-4-5-10(14)9(13)7-8/h4-5,7H,2-3,6H2,1H3,(H,15,17)(H,16,18). The molecule has 0 aliphatic rings. The van der Waals surface area contributed by atoms with Crippen molar-refractivity contribution in [2.75, 3.05) is 11.9 Å². The van der Waals surface area contributed by atoms with Crippen molar-refractivity contribution in [1.29, 1.82) is 0 Å². The summed E-state index contributed by atoms with van der Waals surface area (Å²) in [5.41, 5.74) is 0.275. The van der Waals surface area contributed by atoms with E-state index >= 15 is 0 Å². The summed E-state index contributed by atoms with van der Waals surface area (Å²) in [4.78, 5) is 22.8. The molecule has 2 amide bonds. The van der Waals surface area contributed by atoms with Crippen molar-refractivity contribution in [3.05, 3.63) is 29.0 Å². The fourth-order valence-corrected chi connectivity index (χ4v) is 1.40. The van der Waals surface area contributed by atoms with Crippen LogP contribution in [0.1, 0.15) is 19.8 Å². The van der Waals surface area contributed by atoms with E-state index in [1.807, 2.05) is 6.92 Å². The molecule has 0 saturated heterocycles. The minimum Gasteiger partial charge on any atom is -0.348 e. The Morgan fingerprint density at radius 2 is 2.06 bits per heavy atom. The molecule has 0 radical (unpaired) electrons. The maximum absolute atomic E-state index is 12.9. The molecule has 0 aromatic heterocycles. The van der Waals surface area contributed by atoms with E-state index in [0.717, 1.165) is 18.9 Å². The summed E-state index contributed by atoms with van der Waals surface area (Å²) in [5, 5.41) is 4.69. The highest BCUT2D eigenvalue weighted by molar-refractivity contribution is 6.39. The van der Waals surface area contributed by atoms with Gasteiger partial charge in [0, 0.05) is 12.2 Å². The van der Waals surface area contributed by atoms with E-state index in [9.17, 15) is 14.0 Å². The van der Waals surface area contributed by atoms with Crippen molar-refractivity contribution >= 4 is 29.1 Å². The predicted octanol–water partition coefficient (Wildman–Crippen LogP) is 2.33. The van der Waals surface area contributed by atoms with Crippen LogP contribution in [0.25, 0.3) is 0 Å². The molecular formula is C12H14ClFN2O2. The van der Waals surface area contributed by atoms with E-state index in [1.54, 1.807) is 0 Å². The number of amides is 2. The molecule has 4 nitrogen and oxygen atoms in total. The van der Waals surface area contributed by atoms with Crippen LogP contribution in [0, 0.1) is 5.82 Å². The molecular weight excluding hydrogens is 259 g/mol. The molecule has 2 N–H and O–H groups in total. The minimum atomic E-state index is -0.797. The van der Waals surface area contributed by atoms with Crippen molar-refractivity contribution in [3.8, 4) is 0 Å². The molecule has 18 heavy (non-hydrogen) atoms. The molecule has 0 heterocycles. The third kappa shape index (κ3) is 4.33. The van der Waals surface area contributed by atoms with E-state index in [2.05, 4.69) is 10.6 Å². The molecule has 1 aromatic rings. The number of carbonyl (C=O) groups is 2. The van der Waals surface area contributed by atoms with Gasteiger partial charge in [-0.05, 0) is 24.6 Å². The van der Waals surface area contributed by atoms with Gasteiger partial charge in [-0.1, -0.05) is 24.9 Å². The van der Waals surface area contributed by atoms with Crippen LogP contribution in [-0.4, -0.2) is 18.4 Å². The lowest BCUT2D eigenvalue weighted by atomic mass is 10.3. The lowest BCUT2D eigenvalue weighted by molar-refractivity contribution is -0.136. The molecule has 0 saturated carbocycles. The van der Waals surface area contributed by atoms with Crippen molar-refractivity contribution in [2.24, 2.45) is 0 Å². The second-order valence-electron chi connectivity index (χ2n) is 3.69. The van der Waals surface area contributed by atoms with Crippen molar-refractivity contribution in [3.63, 3.8) is 0 Å². The topological polar surface area (TPSA) is 58.2 Å². The summed E-state index contributed by atoms with van der Waals surface area (Å²) in [6.07, 6.45) is 1.73. The van der Waals surface area contributed by atoms with Gasteiger partial charge in [0.2, 0.25) is 0 Å². The molecule has 98 valence electrons. The Morgan fingerprint density at radius 3 is 2.67 bits per heavy atom. The summed E-state index contributed by atoms with van der Waals surface area (Å²) in [7, 11) is 0. The average Bonchev–Trinajstić information content (AvgIpc) is 2.34. The summed E-state index contributed by atoms with van der Waals surface area (Å²) < 4.78 is 12.9. The molecule has 0 fully saturated rings. The molecule has 6 heteroatoms. The first-order valence-electron chi connectivity index (χ1n) is 5.58. The minimum absolute atomic E-state index is 0.112. The first-order chi connectivity index (χ1) is 8.54. The highest BCUT2D eigenvalue weighted by atomic mass is 35.5. The van der Waals surface area contributed by atoms with Crippen LogP contribution in [0.2, 0.25) is 5.02 Å². The normalized spacial score (nSPS) is 9.94. The Bertz CT molecular complexity index is 452. The van der Waals surface area contributed by atoms with Crippen molar-refractivity contribution in [2.45, 2.75) is 19.8 Å². The maximum Gasteiger partial charge on any atom is 0.313 e. The third-order valence-corrected chi connectivity index (χ3v) is 2.49. The van der Waals surface area contributed by atoms with Crippen molar-refractivity contribution in [1.82, 2.24) is 5.32 Å². The Hall–Kier alpha value is -1.62. The SMILES string of the molecule is CCCCNC(=O)C(=O)Nc1ccc(F)c(Cl)c1. The van der Waals surface area contributed by atoms with Crippen LogP contribution in [0.4, 0.5) is 10.1 Å². The van der Waals surface area contributed by atoms with E-state index in [0.29, 0.717) is 6.54 Å². The fraction of sp³-hybridized carbons (Fsp3) is 0.333. The highest BCUT2D eigenvalue weighted by Crippen LogP contribution is 2.19. The molecule has 0 unspecified atom stereocenters. The predicted molar refractivity (Wildman–Crippen MR) is 68.0 cm³/mol. The monoisotopic (exact) mass is 272 g/mol. The van der Waals surface area contributed by atoms with Gasteiger partial charge in [0.05, 0.1) is 5.02 Å². The van der Waals surface area contributed by atoms with Gasteiger partial charge in [-0.15, -0.1) is 0 Å². The molecule has 0 aliphatic heterocycles. The average molecular weight is 273 g/mol. The zero-order valence-electron chi connectivity index (χ0n) is 9.93. The van der Waals surface area contributed by atoms with Crippen LogP contribution < -0.4 is 10.6 Å². The van der Waals surface area contributed by atoms with Gasteiger partial charge >= 0.3 is 11.8 Å². The molecule has 0 bridgehead atoms. The Kier molecular flexibility index (Phi) is 5.58. The number of halogens is 2. The molecule has 0 aliphatic carbocycles. The van der Waals surface area contributed by atoms with Gasteiger partial charge in [0.1, 0.15) is 5.82 Å². The number of hydrogen-bond acceptors (Lipinski definition) is 2. The van der Waals surface area contributed by atoms with Crippen LogP contribution >= 0.6 is 11.6 Å². The van der Waals surface area contributed by atoms with Gasteiger partial charge in [-0.3, -0.25) is 9.59 Å². The van der Waals surface area contributed by atoms with Gasteiger partial charge < -0.3 is 10.6 Å². The second-order valence-corrected chi connectivity index (χ2v) is 4.10. The maximum atomic E-state index is 12.9. The number of rotatable bonds is 4. The quantitative estimate of drug-likeness (QED) is 0.653. The van der Waals surface area contributed by atoms with Crippen molar-refractivity contribution < 1.29 is 14.0 Å². The molecule has 1 aromatic carbocycles. The lowest BCUT2D eigenvalue weighted by Gasteiger charge is -2.06. The van der Waals surface area contributed by atoms with Gasteiger partial charge in [0.15, 0.2) is 0 Å². The van der Waals surface area contributed by atoms with Gasteiger partial charge in [-0.2, -0.15) is 0 Å². The number of hydrogen-bond donors (Lipinski definition) is 2. The molecule has 1 rings (SSSR count). The summed E-state index contributed by atoms with van der Waals surface area (Å²) >= 11 is 5.55. The second kappa shape index (κ2) is 6.96. The fourth-order valence-electron chi connectivity index (χ4n) is 1.22. The number of nitrogens with one attached hydrogen (secondary N) is 2. The zero-order valence-corrected chi connectivity index (χ0v) is 10.7. The van der Waals surface area contributed by atoms with Crippen LogP contribution in [0.5, 0.6) is 0 Å². The van der Waals surface area contributed by atoms with Gasteiger partial charge in [-0.25, -0.2) is 4.39 Å². The lowest BCUT2D eigenvalue weighted by Crippen LogP contribution is -2.35. The van der Waals surface area contributed by atoms with Crippen LogP contribution in [0.3, 0.4) is 0 Å². The third-order valence-electron chi connectivity index (χ3n) is 2.20. The number of benzene rings is 1. The van der Waals surface area contributed by atoms with E-state index in [4.69, 9.17) is 11.6 Å².